The Kier molecular flexibility index (Phi) is 4.60. The van der Waals surface area contributed by atoms with Crippen molar-refractivity contribution in [3.05, 3.63) is 0 Å². The lowest BCUT2D eigenvalue weighted by Gasteiger charge is -2.10. The van der Waals surface area contributed by atoms with E-state index in [9.17, 15) is 4.79 Å². The molecule has 0 radical (unpaired) electrons. The molecule has 7 heteroatoms. The smallest absolute Gasteiger partial charge is 0.233 e. The maximum absolute atomic E-state index is 11.6. The molecule has 3 N–H and O–H groups in total. The van der Waals surface area contributed by atoms with Crippen molar-refractivity contribution in [2.75, 3.05) is 12.3 Å². The minimum atomic E-state index is -0.200. The summed E-state index contributed by atoms with van der Waals surface area (Å²) in [6.45, 7) is 4.55. The fourth-order valence-electron chi connectivity index (χ4n) is 1.03. The summed E-state index contributed by atoms with van der Waals surface area (Å²) in [5, 5.41) is 10.9. The molecular formula is C9H17N5OS. The minimum Gasteiger partial charge on any atom is -0.368 e. The van der Waals surface area contributed by atoms with Crippen LogP contribution >= 0.6 is 11.8 Å². The first-order valence-corrected chi connectivity index (χ1v) is 6.03. The van der Waals surface area contributed by atoms with Gasteiger partial charge in [0.25, 0.3) is 0 Å². The van der Waals surface area contributed by atoms with Crippen molar-refractivity contribution < 1.29 is 4.79 Å². The number of aromatic nitrogens is 3. The van der Waals surface area contributed by atoms with Crippen LogP contribution < -0.4 is 11.1 Å². The highest BCUT2D eigenvalue weighted by Crippen LogP contribution is 2.21. The van der Waals surface area contributed by atoms with Crippen molar-refractivity contribution in [2.45, 2.75) is 30.7 Å². The van der Waals surface area contributed by atoms with Crippen molar-refractivity contribution in [3.8, 4) is 0 Å². The first kappa shape index (κ1) is 12.8. The molecule has 0 aliphatic heterocycles. The summed E-state index contributed by atoms with van der Waals surface area (Å²) in [5.41, 5.74) is 5.55. The highest BCUT2D eigenvalue weighted by Gasteiger charge is 2.17. The number of carbonyl (C=O) groups is 1. The zero-order chi connectivity index (χ0) is 12.1. The zero-order valence-corrected chi connectivity index (χ0v) is 10.5. The highest BCUT2D eigenvalue weighted by molar-refractivity contribution is 8.00. The van der Waals surface area contributed by atoms with Gasteiger partial charge in [0, 0.05) is 13.6 Å². The lowest BCUT2D eigenvalue weighted by molar-refractivity contribution is -0.120. The molecule has 1 atom stereocenters. The van der Waals surface area contributed by atoms with Gasteiger partial charge >= 0.3 is 0 Å². The number of rotatable bonds is 5. The second kappa shape index (κ2) is 5.74. The second-order valence-corrected chi connectivity index (χ2v) is 4.76. The number of hydrogen-bond acceptors (Lipinski definition) is 5. The second-order valence-electron chi connectivity index (χ2n) is 3.45. The third-order valence-electron chi connectivity index (χ3n) is 2.07. The van der Waals surface area contributed by atoms with Crippen LogP contribution in [0.4, 0.5) is 5.95 Å². The molecule has 90 valence electrons. The summed E-state index contributed by atoms with van der Waals surface area (Å²) in [5.74, 6) is 0.358. The van der Waals surface area contributed by atoms with Gasteiger partial charge in [-0.15, -0.1) is 10.2 Å². The maximum atomic E-state index is 11.6. The van der Waals surface area contributed by atoms with Gasteiger partial charge in [-0.3, -0.25) is 9.36 Å². The quantitative estimate of drug-likeness (QED) is 0.731. The third kappa shape index (κ3) is 3.13. The molecule has 16 heavy (non-hydrogen) atoms. The number of hydrogen-bond donors (Lipinski definition) is 2. The topological polar surface area (TPSA) is 85.8 Å². The average Bonchev–Trinajstić information content (AvgIpc) is 2.57. The van der Waals surface area contributed by atoms with Gasteiger partial charge in [-0.2, -0.15) is 0 Å². The molecule has 0 aliphatic rings. The van der Waals surface area contributed by atoms with Crippen molar-refractivity contribution in [1.82, 2.24) is 20.1 Å². The Bertz CT molecular complexity index is 365. The molecule has 1 aromatic heterocycles. The van der Waals surface area contributed by atoms with E-state index < -0.39 is 0 Å². The first-order valence-electron chi connectivity index (χ1n) is 5.15. The van der Waals surface area contributed by atoms with E-state index in [0.29, 0.717) is 17.6 Å². The molecule has 0 saturated heterocycles. The van der Waals surface area contributed by atoms with Crippen molar-refractivity contribution in [1.29, 1.82) is 0 Å². The molecule has 1 amide bonds. The number of nitrogens with two attached hydrogens (primary N) is 1. The lowest BCUT2D eigenvalue weighted by atomic mass is 10.4. The largest absolute Gasteiger partial charge is 0.368 e. The molecular weight excluding hydrogens is 226 g/mol. The van der Waals surface area contributed by atoms with Crippen LogP contribution in [0.15, 0.2) is 5.16 Å². The van der Waals surface area contributed by atoms with Crippen LogP contribution in [0.2, 0.25) is 0 Å². The van der Waals surface area contributed by atoms with Gasteiger partial charge < -0.3 is 11.1 Å². The predicted octanol–water partition coefficient (Wildman–Crippen LogP) is 0.404. The van der Waals surface area contributed by atoms with Crippen LogP contribution in [0.5, 0.6) is 0 Å². The highest BCUT2D eigenvalue weighted by atomic mass is 32.2. The normalized spacial score (nSPS) is 12.4. The zero-order valence-electron chi connectivity index (χ0n) is 9.73. The van der Waals surface area contributed by atoms with E-state index in [0.717, 1.165) is 6.42 Å². The molecule has 1 unspecified atom stereocenters. The van der Waals surface area contributed by atoms with Crippen molar-refractivity contribution >= 4 is 23.6 Å². The van der Waals surface area contributed by atoms with Crippen LogP contribution in [0, 0.1) is 0 Å². The van der Waals surface area contributed by atoms with Crippen molar-refractivity contribution in [2.24, 2.45) is 7.05 Å². The molecule has 1 rings (SSSR count). The number of thioether (sulfide) groups is 1. The number of amides is 1. The predicted molar refractivity (Wildman–Crippen MR) is 64.0 cm³/mol. The fourth-order valence-corrected chi connectivity index (χ4v) is 1.88. The summed E-state index contributed by atoms with van der Waals surface area (Å²) in [4.78, 5) is 11.6. The van der Waals surface area contributed by atoms with E-state index in [4.69, 9.17) is 5.73 Å². The Hall–Kier alpha value is -1.24. The summed E-state index contributed by atoms with van der Waals surface area (Å²) in [7, 11) is 1.77. The van der Waals surface area contributed by atoms with Gasteiger partial charge in [0.1, 0.15) is 0 Å². The number of nitrogens with zero attached hydrogens (tertiary/aromatic N) is 3. The summed E-state index contributed by atoms with van der Waals surface area (Å²) >= 11 is 1.35. The Balaban J connectivity index is 2.54. The molecule has 0 bridgehead atoms. The Morgan fingerprint density at radius 1 is 1.62 bits per heavy atom. The van der Waals surface area contributed by atoms with E-state index in [2.05, 4.69) is 15.5 Å². The van der Waals surface area contributed by atoms with E-state index in [1.54, 1.807) is 11.6 Å². The van der Waals surface area contributed by atoms with Crippen LogP contribution in [0.3, 0.4) is 0 Å². The molecule has 1 aromatic rings. The van der Waals surface area contributed by atoms with Crippen LogP contribution in [-0.2, 0) is 11.8 Å². The molecule has 0 saturated carbocycles. The number of nitrogen functional groups attached to an aromatic ring is 1. The molecule has 6 nitrogen and oxygen atoms in total. The van der Waals surface area contributed by atoms with Crippen LogP contribution in [0.25, 0.3) is 0 Å². The third-order valence-corrected chi connectivity index (χ3v) is 3.20. The molecule has 0 aliphatic carbocycles. The standard InChI is InChI=1S/C9H17N5OS/c1-4-5-11-7(15)6(2)16-9-13-12-8(10)14(9)3/h6H,4-5H2,1-3H3,(H2,10,12)(H,11,15). The first-order chi connectivity index (χ1) is 7.56. The van der Waals surface area contributed by atoms with Gasteiger partial charge in [0.15, 0.2) is 5.16 Å². The lowest BCUT2D eigenvalue weighted by Crippen LogP contribution is -2.31. The molecule has 1 heterocycles. The monoisotopic (exact) mass is 243 g/mol. The molecule has 0 aromatic carbocycles. The Morgan fingerprint density at radius 2 is 2.31 bits per heavy atom. The van der Waals surface area contributed by atoms with Crippen LogP contribution in [0.1, 0.15) is 20.3 Å². The summed E-state index contributed by atoms with van der Waals surface area (Å²) in [6, 6.07) is 0. The van der Waals surface area contributed by atoms with Gasteiger partial charge in [0.2, 0.25) is 11.9 Å². The summed E-state index contributed by atoms with van der Waals surface area (Å²) < 4.78 is 1.66. The SMILES string of the molecule is CCCNC(=O)C(C)Sc1nnc(N)n1C. The van der Waals surface area contributed by atoms with E-state index in [1.165, 1.54) is 11.8 Å². The maximum Gasteiger partial charge on any atom is 0.233 e. The van der Waals surface area contributed by atoms with Gasteiger partial charge in [-0.25, -0.2) is 0 Å². The Labute approximate surface area is 99.0 Å². The number of nitrogens with one attached hydrogen (secondary N) is 1. The molecule has 0 spiro atoms. The van der Waals surface area contributed by atoms with Crippen molar-refractivity contribution in [3.63, 3.8) is 0 Å². The summed E-state index contributed by atoms with van der Waals surface area (Å²) in [6.07, 6.45) is 0.931. The van der Waals surface area contributed by atoms with Crippen LogP contribution in [-0.4, -0.2) is 32.5 Å². The molecule has 0 fully saturated rings. The number of carbonyl (C=O) groups excluding carboxylic acids is 1. The van der Waals surface area contributed by atoms with E-state index in [1.807, 2.05) is 13.8 Å². The average molecular weight is 243 g/mol. The minimum absolute atomic E-state index is 0.00780. The van der Waals surface area contributed by atoms with E-state index >= 15 is 0 Å². The fraction of sp³-hybridized carbons (Fsp3) is 0.667. The van der Waals surface area contributed by atoms with Gasteiger partial charge in [-0.1, -0.05) is 18.7 Å². The van der Waals surface area contributed by atoms with Gasteiger partial charge in [0.05, 0.1) is 5.25 Å². The number of anilines is 1. The van der Waals surface area contributed by atoms with E-state index in [-0.39, 0.29) is 11.2 Å². The Morgan fingerprint density at radius 3 is 2.81 bits per heavy atom. The van der Waals surface area contributed by atoms with Gasteiger partial charge in [-0.05, 0) is 13.3 Å².